The number of phenolic OH excluding ortho intramolecular Hbond substituents is 1. The van der Waals surface area contributed by atoms with Crippen molar-refractivity contribution < 1.29 is 10.2 Å². The summed E-state index contributed by atoms with van der Waals surface area (Å²) in [5.74, 6) is 0.540. The Morgan fingerprint density at radius 1 is 0.475 bits per heavy atom. The van der Waals surface area contributed by atoms with Crippen molar-refractivity contribution in [3.8, 4) is 5.75 Å². The molecule has 4 heteroatoms. The second kappa shape index (κ2) is 12.1. The Hall–Kier alpha value is -3.96. The number of hydrogen-bond acceptors (Lipinski definition) is 2. The molecule has 2 nitrogen and oxygen atoms in total. The topological polar surface area (TPSA) is 40.5 Å². The van der Waals surface area contributed by atoms with Crippen LogP contribution in [0.4, 0.5) is 0 Å². The normalized spacial score (nSPS) is 13.5. The predicted molar refractivity (Wildman–Crippen MR) is 173 cm³/mol. The molecule has 0 amide bonds. The fraction of sp³-hybridized carbons (Fsp3) is 0.0556. The van der Waals surface area contributed by atoms with Crippen LogP contribution in [-0.2, 0) is 0 Å². The third-order valence-electron chi connectivity index (χ3n) is 7.07. The van der Waals surface area contributed by atoms with Gasteiger partial charge in [-0.2, -0.15) is 0 Å². The zero-order valence-electron chi connectivity index (χ0n) is 22.1. The van der Waals surface area contributed by atoms with Crippen LogP contribution in [0.1, 0.15) is 18.4 Å². The summed E-state index contributed by atoms with van der Waals surface area (Å²) in [5, 5.41) is 30.2. The molecule has 2 N–H and O–H groups in total. The first kappa shape index (κ1) is 26.3. The number of hydrogen-bond donors (Lipinski definition) is 2. The van der Waals surface area contributed by atoms with Gasteiger partial charge in [0.2, 0.25) is 0 Å². The van der Waals surface area contributed by atoms with Gasteiger partial charge in [0.05, 0.1) is 0 Å². The monoisotopic (exact) mass is 556 g/mol. The van der Waals surface area contributed by atoms with E-state index in [4.69, 9.17) is 0 Å². The van der Waals surface area contributed by atoms with Crippen LogP contribution in [-0.4, -0.2) is 10.2 Å². The van der Waals surface area contributed by atoms with Crippen LogP contribution in [0.2, 0.25) is 0 Å². The zero-order chi connectivity index (χ0) is 27.3. The van der Waals surface area contributed by atoms with Gasteiger partial charge in [0.15, 0.2) is 0 Å². The molecule has 5 aromatic rings. The zero-order valence-corrected chi connectivity index (χ0v) is 23.8. The Bertz CT molecular complexity index is 1570. The van der Waals surface area contributed by atoms with Crippen molar-refractivity contribution >= 4 is 47.9 Å². The van der Waals surface area contributed by atoms with Gasteiger partial charge in [-0.1, -0.05) is 140 Å². The van der Waals surface area contributed by atoms with Gasteiger partial charge in [0.25, 0.3) is 0 Å². The number of aromatic hydroxyl groups is 1. The molecule has 0 heterocycles. The van der Waals surface area contributed by atoms with Crippen molar-refractivity contribution in [1.82, 2.24) is 0 Å². The maximum absolute atomic E-state index is 11.7. The van der Waals surface area contributed by atoms with E-state index >= 15 is 0 Å². The number of phenols is 1. The van der Waals surface area contributed by atoms with Gasteiger partial charge in [-0.05, 0) is 60.2 Å². The van der Waals surface area contributed by atoms with Crippen molar-refractivity contribution in [2.75, 3.05) is 0 Å². The molecule has 1 aliphatic carbocycles. The molecular weight excluding hydrogens is 526 g/mol. The Balaban J connectivity index is 1.59. The van der Waals surface area contributed by atoms with Crippen molar-refractivity contribution in [1.29, 1.82) is 0 Å². The van der Waals surface area contributed by atoms with Crippen LogP contribution >= 0.6 is 15.8 Å². The van der Waals surface area contributed by atoms with E-state index in [-0.39, 0.29) is 5.75 Å². The fourth-order valence-corrected chi connectivity index (χ4v) is 10.4. The SMILES string of the molecule is OC1=C(c2c(O)cccc2P(c2ccccc2)c2ccccc2)C(P(c2ccccc2)c2ccccc2)=CCC1. The first-order valence-electron chi connectivity index (χ1n) is 13.5. The predicted octanol–water partition coefficient (Wildman–Crippen LogP) is 7.23. The Kier molecular flexibility index (Phi) is 7.92. The van der Waals surface area contributed by atoms with E-state index < -0.39 is 15.8 Å². The lowest BCUT2D eigenvalue weighted by Gasteiger charge is -2.30. The highest BCUT2D eigenvalue weighted by molar-refractivity contribution is 7.80. The van der Waals surface area contributed by atoms with E-state index in [0.717, 1.165) is 28.2 Å². The summed E-state index contributed by atoms with van der Waals surface area (Å²) < 4.78 is 0. The smallest absolute Gasteiger partial charge is 0.124 e. The summed E-state index contributed by atoms with van der Waals surface area (Å²) in [5.41, 5.74) is 1.52. The molecule has 6 rings (SSSR count). The molecule has 0 fully saturated rings. The minimum atomic E-state index is -0.999. The molecule has 0 atom stereocenters. The van der Waals surface area contributed by atoms with Gasteiger partial charge in [-0.3, -0.25) is 0 Å². The van der Waals surface area contributed by atoms with E-state index in [2.05, 4.69) is 109 Å². The van der Waals surface area contributed by atoms with E-state index in [1.54, 1.807) is 6.07 Å². The number of allylic oxidation sites excluding steroid dienone is 4. The average Bonchev–Trinajstić information content (AvgIpc) is 3.01. The summed E-state index contributed by atoms with van der Waals surface area (Å²) in [6.45, 7) is 0. The second-order valence-electron chi connectivity index (χ2n) is 9.63. The standard InChI is InChI=1S/C36H30O2P2/c37-31-23-13-25-33(39(27-15-5-1-6-16-27)28-17-7-2-8-18-28)35(31)36-32(38)24-14-26-34(36)40(29-19-9-3-10-20-29)30-21-11-4-12-22-30/h1-13,15-23,25-26,37-38H,14,24H2. The molecule has 0 bridgehead atoms. The molecule has 0 aliphatic heterocycles. The van der Waals surface area contributed by atoms with Crippen LogP contribution in [0, 0.1) is 0 Å². The highest BCUT2D eigenvalue weighted by Gasteiger charge is 2.32. The molecule has 0 aromatic heterocycles. The number of aliphatic hydroxyl groups excluding tert-OH is 1. The molecule has 0 unspecified atom stereocenters. The summed E-state index contributed by atoms with van der Waals surface area (Å²) >= 11 is 0. The molecule has 0 spiro atoms. The van der Waals surface area contributed by atoms with Gasteiger partial charge >= 0.3 is 0 Å². The van der Waals surface area contributed by atoms with E-state index in [9.17, 15) is 10.2 Å². The molecule has 0 radical (unpaired) electrons. The van der Waals surface area contributed by atoms with E-state index in [1.807, 2.05) is 30.3 Å². The summed E-state index contributed by atoms with van der Waals surface area (Å²) in [6, 6.07) is 47.9. The van der Waals surface area contributed by atoms with Crippen LogP contribution in [0.5, 0.6) is 5.75 Å². The van der Waals surface area contributed by atoms with Gasteiger partial charge in [-0.15, -0.1) is 0 Å². The van der Waals surface area contributed by atoms with Crippen LogP contribution in [0.3, 0.4) is 0 Å². The third-order valence-corrected chi connectivity index (χ3v) is 12.1. The second-order valence-corrected chi connectivity index (χ2v) is 14.0. The molecular formula is C36H30O2P2. The maximum atomic E-state index is 11.7. The van der Waals surface area contributed by atoms with Crippen molar-refractivity contribution in [3.63, 3.8) is 0 Å². The highest BCUT2D eigenvalue weighted by atomic mass is 31.1. The Morgan fingerprint density at radius 2 is 0.925 bits per heavy atom. The summed E-state index contributed by atoms with van der Waals surface area (Å²) in [6.07, 6.45) is 3.59. The van der Waals surface area contributed by atoms with E-state index in [1.165, 1.54) is 21.2 Å². The molecule has 5 aromatic carbocycles. The molecule has 40 heavy (non-hydrogen) atoms. The molecule has 1 aliphatic rings. The minimum absolute atomic E-state index is 0.197. The first-order chi connectivity index (χ1) is 19.7. The Morgan fingerprint density at radius 3 is 1.40 bits per heavy atom. The molecule has 196 valence electrons. The van der Waals surface area contributed by atoms with Gasteiger partial charge < -0.3 is 10.2 Å². The van der Waals surface area contributed by atoms with Crippen LogP contribution in [0.25, 0.3) is 5.57 Å². The highest BCUT2D eigenvalue weighted by Crippen LogP contribution is 2.54. The van der Waals surface area contributed by atoms with Crippen molar-refractivity contribution in [2.45, 2.75) is 12.8 Å². The quantitative estimate of drug-likeness (QED) is 0.208. The Labute approximate surface area is 238 Å². The summed E-state index contributed by atoms with van der Waals surface area (Å²) in [4.78, 5) is 0. The number of aliphatic hydroxyl groups is 1. The maximum Gasteiger partial charge on any atom is 0.124 e. The largest absolute Gasteiger partial charge is 0.512 e. The lowest BCUT2D eigenvalue weighted by atomic mass is 9.96. The number of benzene rings is 5. The van der Waals surface area contributed by atoms with Crippen LogP contribution < -0.4 is 26.5 Å². The fourth-order valence-electron chi connectivity index (χ4n) is 5.33. The lowest BCUT2D eigenvalue weighted by Crippen LogP contribution is -2.24. The van der Waals surface area contributed by atoms with Gasteiger partial charge in [0, 0.05) is 17.6 Å². The average molecular weight is 557 g/mol. The van der Waals surface area contributed by atoms with E-state index in [0.29, 0.717) is 12.2 Å². The minimum Gasteiger partial charge on any atom is -0.512 e. The van der Waals surface area contributed by atoms with Gasteiger partial charge in [0.1, 0.15) is 11.5 Å². The third kappa shape index (κ3) is 5.26. The first-order valence-corrected chi connectivity index (χ1v) is 16.2. The molecule has 0 saturated carbocycles. The van der Waals surface area contributed by atoms with Crippen molar-refractivity contribution in [3.05, 3.63) is 162 Å². The van der Waals surface area contributed by atoms with Crippen molar-refractivity contribution in [2.24, 2.45) is 0 Å². The molecule has 0 saturated heterocycles. The number of rotatable bonds is 7. The summed E-state index contributed by atoms with van der Waals surface area (Å²) in [7, 11) is -1.97. The van der Waals surface area contributed by atoms with Gasteiger partial charge in [-0.25, -0.2) is 0 Å². The lowest BCUT2D eigenvalue weighted by molar-refractivity contribution is 0.390. The van der Waals surface area contributed by atoms with Crippen LogP contribution in [0.15, 0.2) is 157 Å².